The van der Waals surface area contributed by atoms with Gasteiger partial charge in [-0.05, 0) is 56.2 Å². The van der Waals surface area contributed by atoms with Gasteiger partial charge in [0.2, 0.25) is 0 Å². The molecule has 0 atom stereocenters. The van der Waals surface area contributed by atoms with Gasteiger partial charge in [-0.15, -0.1) is 15.8 Å². The Kier molecular flexibility index (Phi) is 19.9. The minimum Gasteiger partial charge on any atom is -0.102 e. The van der Waals surface area contributed by atoms with Crippen LogP contribution in [0.15, 0.2) is 0 Å². The first-order valence-electron chi connectivity index (χ1n) is 10.7. The van der Waals surface area contributed by atoms with Crippen LogP contribution in [0.3, 0.4) is 0 Å². The summed E-state index contributed by atoms with van der Waals surface area (Å²) < 4.78 is 0. The number of unbranched alkanes of at least 4 members (excludes halogenated alkanes) is 8. The quantitative estimate of drug-likeness (QED) is 0.169. The lowest BCUT2D eigenvalue weighted by Gasteiger charge is -2.25. The molecule has 0 aromatic carbocycles. The molecule has 0 aliphatic heterocycles. The van der Waals surface area contributed by atoms with Crippen LogP contribution in [0.5, 0.6) is 0 Å². The Morgan fingerprint density at radius 2 is 0.652 bits per heavy atom. The second kappa shape index (κ2) is 19.2. The van der Waals surface area contributed by atoms with Gasteiger partial charge in [0.1, 0.15) is 0 Å². The predicted molar refractivity (Wildman–Crippen MR) is 116 cm³/mol. The molecule has 0 saturated carbocycles. The van der Waals surface area contributed by atoms with Crippen molar-refractivity contribution in [3.05, 3.63) is 0 Å². The van der Waals surface area contributed by atoms with Crippen LogP contribution in [0, 0.1) is 0 Å². The van der Waals surface area contributed by atoms with Crippen molar-refractivity contribution in [3.8, 4) is 0 Å². The molecule has 0 saturated heterocycles. The maximum atomic E-state index is 2.35. The van der Waals surface area contributed by atoms with Gasteiger partial charge in [-0.1, -0.05) is 79.1 Å². The molecule has 0 aliphatic carbocycles. The zero-order valence-electron chi connectivity index (χ0n) is 16.9. The van der Waals surface area contributed by atoms with Crippen molar-refractivity contribution in [2.24, 2.45) is 0 Å². The molecule has 0 rings (SSSR count). The van der Waals surface area contributed by atoms with Gasteiger partial charge in [-0.25, -0.2) is 0 Å². The molecule has 2 heteroatoms. The zero-order valence-corrected chi connectivity index (χ0v) is 18.7. The minimum atomic E-state index is 0.364. The molecule has 0 fully saturated rings. The van der Waals surface area contributed by atoms with E-state index in [0.717, 1.165) is 0 Å². The highest BCUT2D eigenvalue weighted by molar-refractivity contribution is 7.74. The van der Waals surface area contributed by atoms with Gasteiger partial charge in [-0.2, -0.15) is 0 Å². The molecule has 0 unspecified atom stereocenters. The van der Waals surface area contributed by atoms with E-state index in [1.165, 1.54) is 77.0 Å². The maximum Gasteiger partial charge on any atom is -0.0120 e. The molecule has 0 aromatic heterocycles. The summed E-state index contributed by atoms with van der Waals surface area (Å²) in [5, 5.41) is 0. The van der Waals surface area contributed by atoms with Crippen molar-refractivity contribution >= 4 is 15.8 Å². The van der Waals surface area contributed by atoms with Crippen LogP contribution in [-0.2, 0) is 0 Å². The summed E-state index contributed by atoms with van der Waals surface area (Å²) in [4.78, 5) is 0. The summed E-state index contributed by atoms with van der Waals surface area (Å²) in [6.07, 6.45) is 23.9. The Labute approximate surface area is 151 Å². The van der Waals surface area contributed by atoms with Gasteiger partial charge in [0.15, 0.2) is 0 Å². The average molecular weight is 361 g/mol. The molecule has 0 aliphatic rings. The molecule has 0 aromatic rings. The van der Waals surface area contributed by atoms with E-state index in [1.807, 2.05) is 0 Å². The van der Waals surface area contributed by atoms with Crippen LogP contribution in [0.25, 0.3) is 0 Å². The van der Waals surface area contributed by atoms with Crippen molar-refractivity contribution in [2.75, 3.05) is 30.6 Å². The lowest BCUT2D eigenvalue weighted by atomic mass is 10.3. The van der Waals surface area contributed by atoms with Crippen LogP contribution < -0.4 is 0 Å². The van der Waals surface area contributed by atoms with E-state index in [4.69, 9.17) is 0 Å². The Bertz CT molecular complexity index is 176. The molecule has 23 heavy (non-hydrogen) atoms. The molecular formula is C21H46P2. The van der Waals surface area contributed by atoms with Gasteiger partial charge >= 0.3 is 0 Å². The fraction of sp³-hybridized carbons (Fsp3) is 1.00. The number of hydrogen-bond donors (Lipinski definition) is 0. The summed E-state index contributed by atoms with van der Waals surface area (Å²) in [7, 11) is 0.728. The minimum absolute atomic E-state index is 0.364. The lowest BCUT2D eigenvalue weighted by molar-refractivity contribution is 0.759. The fourth-order valence-corrected chi connectivity index (χ4v) is 10.8. The van der Waals surface area contributed by atoms with E-state index in [-0.39, 0.29) is 0 Å². The summed E-state index contributed by atoms with van der Waals surface area (Å²) in [6.45, 7) is 9.40. The first-order valence-corrected chi connectivity index (χ1v) is 14.5. The normalized spacial score (nSPS) is 11.7. The molecule has 0 spiro atoms. The van der Waals surface area contributed by atoms with Crippen LogP contribution in [0.1, 0.15) is 105 Å². The lowest BCUT2D eigenvalue weighted by Crippen LogP contribution is -2.00. The van der Waals surface area contributed by atoms with Gasteiger partial charge in [0.25, 0.3) is 0 Å². The smallest absolute Gasteiger partial charge is 0.0120 e. The number of rotatable bonds is 18. The first kappa shape index (κ1) is 23.9. The second-order valence-electron chi connectivity index (χ2n) is 7.21. The largest absolute Gasteiger partial charge is 0.102 e. The summed E-state index contributed by atoms with van der Waals surface area (Å²) in [6, 6.07) is 0. The second-order valence-corrected chi connectivity index (χ2v) is 12.8. The third-order valence-electron chi connectivity index (χ3n) is 4.71. The molecule has 0 heterocycles. The van der Waals surface area contributed by atoms with Gasteiger partial charge < -0.3 is 0 Å². The monoisotopic (exact) mass is 360 g/mol. The summed E-state index contributed by atoms with van der Waals surface area (Å²) in [5.74, 6) is 1.67. The molecular weight excluding hydrogens is 314 g/mol. The highest BCUT2D eigenvalue weighted by atomic mass is 31.2. The molecule has 0 N–H and O–H groups in total. The molecule has 0 nitrogen and oxygen atoms in total. The van der Waals surface area contributed by atoms with Crippen LogP contribution in [0.4, 0.5) is 0 Å². The van der Waals surface area contributed by atoms with E-state index in [0.29, 0.717) is 15.8 Å². The SMILES string of the molecule is CCCCCP(CCCCC)CP(CCCCC)CCCCC. The van der Waals surface area contributed by atoms with Crippen LogP contribution in [0.2, 0.25) is 0 Å². The van der Waals surface area contributed by atoms with Crippen LogP contribution in [-0.4, -0.2) is 30.6 Å². The summed E-state index contributed by atoms with van der Waals surface area (Å²) >= 11 is 0. The van der Waals surface area contributed by atoms with Crippen LogP contribution >= 0.6 is 15.8 Å². The highest BCUT2D eigenvalue weighted by Crippen LogP contribution is 2.52. The van der Waals surface area contributed by atoms with Gasteiger partial charge in [0, 0.05) is 0 Å². The molecule has 0 bridgehead atoms. The third-order valence-corrected chi connectivity index (χ3v) is 11.7. The maximum absolute atomic E-state index is 2.35. The van der Waals surface area contributed by atoms with E-state index in [9.17, 15) is 0 Å². The van der Waals surface area contributed by atoms with Crippen molar-refractivity contribution in [1.29, 1.82) is 0 Å². The van der Waals surface area contributed by atoms with E-state index >= 15 is 0 Å². The van der Waals surface area contributed by atoms with E-state index in [2.05, 4.69) is 27.7 Å². The predicted octanol–water partition coefficient (Wildman–Crippen LogP) is 8.67. The van der Waals surface area contributed by atoms with E-state index in [1.54, 1.807) is 30.6 Å². The molecule has 140 valence electrons. The summed E-state index contributed by atoms with van der Waals surface area (Å²) in [5.41, 5.74) is 0. The van der Waals surface area contributed by atoms with Gasteiger partial charge in [0.05, 0.1) is 0 Å². The molecule has 0 amide bonds. The van der Waals surface area contributed by atoms with Crippen molar-refractivity contribution < 1.29 is 0 Å². The fourth-order valence-electron chi connectivity index (χ4n) is 3.13. The Balaban J connectivity index is 4.31. The van der Waals surface area contributed by atoms with Gasteiger partial charge in [-0.3, -0.25) is 0 Å². The van der Waals surface area contributed by atoms with Crippen molar-refractivity contribution in [3.63, 3.8) is 0 Å². The standard InChI is InChI=1S/C21H46P2/c1-5-9-13-17-22(18-14-10-6-2)21-23(19-15-11-7-3)20-16-12-8-4/h5-21H2,1-4H3. The van der Waals surface area contributed by atoms with Crippen molar-refractivity contribution in [2.45, 2.75) is 105 Å². The highest BCUT2D eigenvalue weighted by Gasteiger charge is 2.15. The Morgan fingerprint density at radius 1 is 0.391 bits per heavy atom. The number of hydrogen-bond acceptors (Lipinski definition) is 0. The Hall–Kier alpha value is 0.860. The van der Waals surface area contributed by atoms with Crippen molar-refractivity contribution in [1.82, 2.24) is 0 Å². The Morgan fingerprint density at radius 3 is 0.870 bits per heavy atom. The topological polar surface area (TPSA) is 0 Å². The molecule has 0 radical (unpaired) electrons. The third kappa shape index (κ3) is 16.1. The van der Waals surface area contributed by atoms with E-state index < -0.39 is 0 Å². The average Bonchev–Trinajstić information content (AvgIpc) is 2.55. The zero-order chi connectivity index (χ0) is 17.2. The first-order chi connectivity index (χ1) is 11.3.